The number of carbonyl (C=O) groups excluding carboxylic acids is 2. The van der Waals surface area contributed by atoms with Gasteiger partial charge in [-0.25, -0.2) is 9.59 Å². The summed E-state index contributed by atoms with van der Waals surface area (Å²) in [7, 11) is 0. The molecule has 0 aromatic rings. The van der Waals surface area contributed by atoms with Crippen molar-refractivity contribution in [2.24, 2.45) is 0 Å². The molecule has 6 heteroatoms. The summed E-state index contributed by atoms with van der Waals surface area (Å²) in [6.07, 6.45) is 1.64. The Bertz CT molecular complexity index is 259. The fraction of sp³-hybridized carbons (Fsp3) is 0.455. The van der Waals surface area contributed by atoms with Crippen LogP contribution in [-0.2, 0) is 18.9 Å². The molecule has 0 bridgehead atoms. The van der Waals surface area contributed by atoms with Gasteiger partial charge in [0.2, 0.25) is 0 Å². The molecule has 0 spiro atoms. The summed E-state index contributed by atoms with van der Waals surface area (Å²) >= 11 is 0. The van der Waals surface area contributed by atoms with Crippen LogP contribution in [0, 0.1) is 0 Å². The highest BCUT2D eigenvalue weighted by Crippen LogP contribution is 2.02. The molecule has 1 fully saturated rings. The lowest BCUT2D eigenvalue weighted by molar-refractivity contribution is 0.0718. The molecule has 1 heterocycles. The monoisotopic (exact) mass is 244 g/mol. The highest BCUT2D eigenvalue weighted by Gasteiger charge is 2.19. The average Bonchev–Trinajstić information content (AvgIpc) is 2.68. The van der Waals surface area contributed by atoms with E-state index in [1.807, 2.05) is 0 Å². The minimum atomic E-state index is -0.695. The van der Waals surface area contributed by atoms with Gasteiger partial charge in [-0.15, -0.1) is 0 Å². The van der Waals surface area contributed by atoms with Crippen molar-refractivity contribution in [3.8, 4) is 0 Å². The Morgan fingerprint density at radius 2 is 1.94 bits per heavy atom. The van der Waals surface area contributed by atoms with Gasteiger partial charge in [0.1, 0.15) is 25.9 Å². The van der Waals surface area contributed by atoms with Crippen LogP contribution in [0.25, 0.3) is 0 Å². The summed E-state index contributed by atoms with van der Waals surface area (Å²) in [6.45, 7) is 9.26. The predicted molar refractivity (Wildman–Crippen MR) is 59.6 cm³/mol. The van der Waals surface area contributed by atoms with Crippen LogP contribution in [0.2, 0.25) is 0 Å². The molecule has 1 aliphatic rings. The number of hydrogen-bond donors (Lipinski definition) is 0. The second-order valence-electron chi connectivity index (χ2n) is 2.94. The van der Waals surface area contributed by atoms with Crippen LogP contribution in [-0.4, -0.2) is 38.2 Å². The Morgan fingerprint density at radius 3 is 2.18 bits per heavy atom. The van der Waals surface area contributed by atoms with Crippen molar-refractivity contribution < 1.29 is 28.5 Å². The quantitative estimate of drug-likeness (QED) is 0.556. The Morgan fingerprint density at radius 1 is 1.41 bits per heavy atom. The van der Waals surface area contributed by atoms with Gasteiger partial charge < -0.3 is 18.9 Å². The van der Waals surface area contributed by atoms with Crippen LogP contribution in [0.5, 0.6) is 0 Å². The van der Waals surface area contributed by atoms with E-state index in [4.69, 9.17) is 0 Å². The molecule has 0 aromatic carbocycles. The van der Waals surface area contributed by atoms with E-state index in [2.05, 4.69) is 32.1 Å². The molecule has 1 unspecified atom stereocenters. The van der Waals surface area contributed by atoms with E-state index in [-0.39, 0.29) is 19.3 Å². The normalized spacial score (nSPS) is 16.8. The SMILES string of the molecule is C=CCOC(=O)OCC=C.CC1COC(=O)O1. The molecule has 1 saturated heterocycles. The van der Waals surface area contributed by atoms with Gasteiger partial charge in [0.05, 0.1) is 0 Å². The topological polar surface area (TPSA) is 71.1 Å². The summed E-state index contributed by atoms with van der Waals surface area (Å²) in [5, 5.41) is 0. The van der Waals surface area contributed by atoms with Gasteiger partial charge in [0.25, 0.3) is 0 Å². The van der Waals surface area contributed by atoms with Crippen molar-refractivity contribution in [3.05, 3.63) is 25.3 Å². The van der Waals surface area contributed by atoms with Crippen molar-refractivity contribution in [1.29, 1.82) is 0 Å². The highest BCUT2D eigenvalue weighted by molar-refractivity contribution is 5.61. The van der Waals surface area contributed by atoms with Crippen LogP contribution in [0.15, 0.2) is 25.3 Å². The molecule has 6 nitrogen and oxygen atoms in total. The van der Waals surface area contributed by atoms with Crippen LogP contribution < -0.4 is 0 Å². The molecule has 0 N–H and O–H groups in total. The summed E-state index contributed by atoms with van der Waals surface area (Å²) in [4.78, 5) is 20.4. The van der Waals surface area contributed by atoms with Crippen molar-refractivity contribution in [2.75, 3.05) is 19.8 Å². The Kier molecular flexibility index (Phi) is 8.18. The van der Waals surface area contributed by atoms with Crippen LogP contribution >= 0.6 is 0 Å². The molecule has 1 aliphatic heterocycles. The lowest BCUT2D eigenvalue weighted by Crippen LogP contribution is -2.06. The van der Waals surface area contributed by atoms with E-state index in [0.29, 0.717) is 6.61 Å². The van der Waals surface area contributed by atoms with Crippen LogP contribution in [0.3, 0.4) is 0 Å². The maximum absolute atomic E-state index is 10.4. The molecule has 17 heavy (non-hydrogen) atoms. The number of carbonyl (C=O) groups is 2. The fourth-order valence-electron chi connectivity index (χ4n) is 0.713. The van der Waals surface area contributed by atoms with E-state index in [1.165, 1.54) is 12.2 Å². The summed E-state index contributed by atoms with van der Waals surface area (Å²) in [5.41, 5.74) is 0. The Hall–Kier alpha value is -1.98. The van der Waals surface area contributed by atoms with Gasteiger partial charge in [-0.3, -0.25) is 0 Å². The van der Waals surface area contributed by atoms with Crippen molar-refractivity contribution >= 4 is 12.3 Å². The smallest absolute Gasteiger partial charge is 0.430 e. The highest BCUT2D eigenvalue weighted by atomic mass is 16.8. The van der Waals surface area contributed by atoms with Gasteiger partial charge in [-0.1, -0.05) is 25.3 Å². The van der Waals surface area contributed by atoms with Gasteiger partial charge in [0, 0.05) is 0 Å². The predicted octanol–water partition coefficient (Wildman–Crippen LogP) is 2.05. The van der Waals surface area contributed by atoms with Gasteiger partial charge in [-0.2, -0.15) is 0 Å². The zero-order valence-corrected chi connectivity index (χ0v) is 9.72. The van der Waals surface area contributed by atoms with Crippen LogP contribution in [0.1, 0.15) is 6.92 Å². The first-order valence-electron chi connectivity index (χ1n) is 4.95. The summed E-state index contributed by atoms with van der Waals surface area (Å²) in [6, 6.07) is 0. The summed E-state index contributed by atoms with van der Waals surface area (Å²) in [5.74, 6) is 0. The van der Waals surface area contributed by atoms with E-state index in [1.54, 1.807) is 6.92 Å². The number of hydrogen-bond acceptors (Lipinski definition) is 6. The lowest BCUT2D eigenvalue weighted by Gasteiger charge is -1.99. The largest absolute Gasteiger partial charge is 0.508 e. The van der Waals surface area contributed by atoms with Crippen molar-refractivity contribution in [1.82, 2.24) is 0 Å². The Labute approximate surface area is 99.8 Å². The van der Waals surface area contributed by atoms with E-state index >= 15 is 0 Å². The molecule has 0 aromatic heterocycles. The van der Waals surface area contributed by atoms with E-state index in [9.17, 15) is 9.59 Å². The molecular formula is C11H16O6. The average molecular weight is 244 g/mol. The zero-order valence-electron chi connectivity index (χ0n) is 9.72. The Balaban J connectivity index is 0.000000318. The zero-order chi connectivity index (χ0) is 13.1. The lowest BCUT2D eigenvalue weighted by atomic mass is 10.5. The second kappa shape index (κ2) is 9.26. The van der Waals surface area contributed by atoms with Crippen LogP contribution in [0.4, 0.5) is 9.59 Å². The number of ether oxygens (including phenoxy) is 4. The molecule has 1 atom stereocenters. The molecule has 0 saturated carbocycles. The van der Waals surface area contributed by atoms with Crippen molar-refractivity contribution in [3.63, 3.8) is 0 Å². The first-order valence-corrected chi connectivity index (χ1v) is 4.95. The van der Waals surface area contributed by atoms with Gasteiger partial charge >= 0.3 is 12.3 Å². The minimum absolute atomic E-state index is 0.0486. The molecule has 0 amide bonds. The maximum Gasteiger partial charge on any atom is 0.508 e. The number of rotatable bonds is 4. The molecule has 0 aliphatic carbocycles. The van der Waals surface area contributed by atoms with E-state index in [0.717, 1.165) is 0 Å². The van der Waals surface area contributed by atoms with Gasteiger partial charge in [0.15, 0.2) is 0 Å². The fourth-order valence-corrected chi connectivity index (χ4v) is 0.713. The third-order valence-electron chi connectivity index (χ3n) is 1.37. The molecule has 0 radical (unpaired) electrons. The maximum atomic E-state index is 10.4. The molecule has 96 valence electrons. The molecule has 1 rings (SSSR count). The first-order chi connectivity index (χ1) is 8.10. The standard InChI is InChI=1S/C7H10O3.C4H6O3/c1-3-5-9-7(8)10-6-4-2;1-3-2-6-4(5)7-3/h3-4H,1-2,5-6H2;3H,2H2,1H3. The molecular weight excluding hydrogens is 228 g/mol. The number of cyclic esters (lactones) is 2. The third kappa shape index (κ3) is 8.98. The van der Waals surface area contributed by atoms with Crippen molar-refractivity contribution in [2.45, 2.75) is 13.0 Å². The minimum Gasteiger partial charge on any atom is -0.430 e. The third-order valence-corrected chi connectivity index (χ3v) is 1.37. The van der Waals surface area contributed by atoms with Gasteiger partial charge in [-0.05, 0) is 6.92 Å². The van der Waals surface area contributed by atoms with E-state index < -0.39 is 12.3 Å². The first kappa shape index (κ1) is 15.0. The second-order valence-corrected chi connectivity index (χ2v) is 2.94. The summed E-state index contributed by atoms with van der Waals surface area (Å²) < 4.78 is 17.8.